The van der Waals surface area contributed by atoms with Gasteiger partial charge in [-0.3, -0.25) is 9.59 Å². The van der Waals surface area contributed by atoms with Crippen LogP contribution in [0.5, 0.6) is 0 Å². The van der Waals surface area contributed by atoms with Crippen molar-refractivity contribution in [2.45, 2.75) is 12.8 Å². The average Bonchev–Trinajstić information content (AvgIpc) is 2.61. The molecule has 0 atom stereocenters. The number of carbonyl (C=O) groups is 2. The Balaban J connectivity index is 1.67. The van der Waals surface area contributed by atoms with Crippen LogP contribution in [0.25, 0.3) is 0 Å². The van der Waals surface area contributed by atoms with Crippen LogP contribution >= 0.6 is 0 Å². The summed E-state index contributed by atoms with van der Waals surface area (Å²) in [6.07, 6.45) is 1.99. The van der Waals surface area contributed by atoms with Crippen LogP contribution in [0.4, 0.5) is 5.69 Å². The van der Waals surface area contributed by atoms with E-state index in [1.165, 1.54) is 7.11 Å². The fourth-order valence-corrected chi connectivity index (χ4v) is 3.25. The predicted molar refractivity (Wildman–Crippen MR) is 87.6 cm³/mol. The molecular formula is C17H23N3O3. The lowest BCUT2D eigenvalue weighted by Crippen LogP contribution is -2.51. The molecule has 2 aliphatic rings. The van der Waals surface area contributed by atoms with Crippen molar-refractivity contribution in [2.75, 3.05) is 51.8 Å². The van der Waals surface area contributed by atoms with Gasteiger partial charge in [-0.15, -0.1) is 0 Å². The highest BCUT2D eigenvalue weighted by Gasteiger charge is 2.26. The molecule has 0 radical (unpaired) electrons. The summed E-state index contributed by atoms with van der Waals surface area (Å²) in [6, 6.07) is 5.88. The molecule has 6 heteroatoms. The molecule has 0 aromatic heterocycles. The minimum absolute atomic E-state index is 0.0131. The molecule has 2 heterocycles. The summed E-state index contributed by atoms with van der Waals surface area (Å²) in [7, 11) is 1.52. The molecule has 2 amide bonds. The lowest BCUT2D eigenvalue weighted by atomic mass is 9.96. The van der Waals surface area contributed by atoms with E-state index >= 15 is 0 Å². The van der Waals surface area contributed by atoms with Gasteiger partial charge >= 0.3 is 0 Å². The third-order valence-electron chi connectivity index (χ3n) is 4.51. The number of carbonyl (C=O) groups excluding carboxylic acids is 2. The van der Waals surface area contributed by atoms with Crippen molar-refractivity contribution < 1.29 is 14.3 Å². The summed E-state index contributed by atoms with van der Waals surface area (Å²) >= 11 is 0. The second-order valence-electron chi connectivity index (χ2n) is 5.97. The maximum Gasteiger partial charge on any atom is 0.254 e. The first-order valence-corrected chi connectivity index (χ1v) is 8.12. The van der Waals surface area contributed by atoms with E-state index in [2.05, 4.69) is 5.32 Å². The van der Waals surface area contributed by atoms with Gasteiger partial charge in [0.25, 0.3) is 5.91 Å². The Morgan fingerprint density at radius 2 is 1.91 bits per heavy atom. The van der Waals surface area contributed by atoms with E-state index in [1.807, 2.05) is 23.1 Å². The molecule has 0 bridgehead atoms. The molecule has 0 aliphatic carbocycles. The van der Waals surface area contributed by atoms with Crippen LogP contribution in [-0.2, 0) is 16.0 Å². The van der Waals surface area contributed by atoms with Gasteiger partial charge in [0.2, 0.25) is 5.91 Å². The van der Waals surface area contributed by atoms with E-state index in [0.717, 1.165) is 36.2 Å². The zero-order valence-corrected chi connectivity index (χ0v) is 13.5. The number of hydrogen-bond donors (Lipinski definition) is 1. The van der Waals surface area contributed by atoms with Gasteiger partial charge in [0.1, 0.15) is 6.61 Å². The Morgan fingerprint density at radius 1 is 1.17 bits per heavy atom. The number of hydrogen-bond acceptors (Lipinski definition) is 4. The number of nitrogens with zero attached hydrogens (tertiary/aromatic N) is 2. The van der Waals surface area contributed by atoms with Gasteiger partial charge in [-0.25, -0.2) is 0 Å². The van der Waals surface area contributed by atoms with E-state index in [9.17, 15) is 9.59 Å². The van der Waals surface area contributed by atoms with Crippen molar-refractivity contribution in [3.05, 3.63) is 29.3 Å². The van der Waals surface area contributed by atoms with Crippen molar-refractivity contribution in [3.8, 4) is 0 Å². The number of piperazine rings is 1. The molecule has 0 unspecified atom stereocenters. The molecule has 1 aromatic carbocycles. The highest BCUT2D eigenvalue weighted by Crippen LogP contribution is 2.26. The fraction of sp³-hybridized carbons (Fsp3) is 0.529. The first-order valence-electron chi connectivity index (χ1n) is 8.12. The minimum atomic E-state index is -0.0131. The van der Waals surface area contributed by atoms with E-state index in [1.54, 1.807) is 4.90 Å². The number of anilines is 1. The predicted octanol–water partition coefficient (Wildman–Crippen LogP) is 0.975. The lowest BCUT2D eigenvalue weighted by molar-refractivity contribution is -0.136. The maximum atomic E-state index is 12.8. The first-order chi connectivity index (χ1) is 11.2. The normalized spacial score (nSPS) is 17.4. The molecular weight excluding hydrogens is 294 g/mol. The van der Waals surface area contributed by atoms with Crippen molar-refractivity contribution in [2.24, 2.45) is 0 Å². The van der Waals surface area contributed by atoms with Crippen LogP contribution < -0.4 is 5.32 Å². The number of benzene rings is 1. The monoisotopic (exact) mass is 317 g/mol. The Hall–Kier alpha value is -2.08. The summed E-state index contributed by atoms with van der Waals surface area (Å²) in [4.78, 5) is 28.3. The molecule has 1 fully saturated rings. The van der Waals surface area contributed by atoms with Gasteiger partial charge in [0, 0.05) is 51.1 Å². The largest absolute Gasteiger partial charge is 0.385 e. The van der Waals surface area contributed by atoms with E-state index in [4.69, 9.17) is 4.74 Å². The Morgan fingerprint density at radius 3 is 2.65 bits per heavy atom. The summed E-state index contributed by atoms with van der Waals surface area (Å²) in [6.45, 7) is 3.36. The SMILES string of the molecule is COCC(=O)N1CCN(C(=O)c2cccc3c2CCCN3)CC1. The van der Waals surface area contributed by atoms with Gasteiger partial charge in [-0.1, -0.05) is 6.07 Å². The van der Waals surface area contributed by atoms with Crippen molar-refractivity contribution in [3.63, 3.8) is 0 Å². The molecule has 2 aliphatic heterocycles. The van der Waals surface area contributed by atoms with Gasteiger partial charge in [-0.2, -0.15) is 0 Å². The van der Waals surface area contributed by atoms with Crippen molar-refractivity contribution in [1.82, 2.24) is 9.80 Å². The standard InChI is InChI=1S/C17H23N3O3/c1-23-12-16(21)19-8-10-20(11-9-19)17(22)14-4-2-6-15-13(14)5-3-7-18-15/h2,4,6,18H,3,5,7-12H2,1H3. The quantitative estimate of drug-likeness (QED) is 0.902. The topological polar surface area (TPSA) is 61.9 Å². The molecule has 124 valence electrons. The summed E-state index contributed by atoms with van der Waals surface area (Å²) in [5.74, 6) is 0.0604. The van der Waals surface area contributed by atoms with E-state index < -0.39 is 0 Å². The highest BCUT2D eigenvalue weighted by atomic mass is 16.5. The van der Waals surface area contributed by atoms with E-state index in [-0.39, 0.29) is 18.4 Å². The molecule has 1 saturated heterocycles. The Kier molecular flexibility index (Phi) is 4.81. The van der Waals surface area contributed by atoms with E-state index in [0.29, 0.717) is 26.2 Å². The van der Waals surface area contributed by atoms with Crippen LogP contribution in [0.15, 0.2) is 18.2 Å². The summed E-state index contributed by atoms with van der Waals surface area (Å²) < 4.78 is 4.88. The van der Waals surface area contributed by atoms with Gasteiger partial charge < -0.3 is 19.9 Å². The van der Waals surface area contributed by atoms with Crippen LogP contribution in [0.1, 0.15) is 22.3 Å². The number of rotatable bonds is 3. The third kappa shape index (κ3) is 3.32. The second-order valence-corrected chi connectivity index (χ2v) is 5.97. The highest BCUT2D eigenvalue weighted by molar-refractivity contribution is 5.97. The molecule has 1 aromatic rings. The van der Waals surface area contributed by atoms with Crippen molar-refractivity contribution >= 4 is 17.5 Å². The molecule has 0 spiro atoms. The molecule has 0 saturated carbocycles. The van der Waals surface area contributed by atoms with Gasteiger partial charge in [0.15, 0.2) is 0 Å². The van der Waals surface area contributed by atoms with Crippen LogP contribution in [0.2, 0.25) is 0 Å². The average molecular weight is 317 g/mol. The maximum absolute atomic E-state index is 12.8. The first kappa shape index (κ1) is 15.8. The number of fused-ring (bicyclic) bond motifs is 1. The zero-order valence-electron chi connectivity index (χ0n) is 13.5. The number of amides is 2. The van der Waals surface area contributed by atoms with Gasteiger partial charge in [-0.05, 0) is 30.5 Å². The Labute approximate surface area is 136 Å². The molecule has 23 heavy (non-hydrogen) atoms. The van der Waals surface area contributed by atoms with Gasteiger partial charge in [0.05, 0.1) is 0 Å². The lowest BCUT2D eigenvalue weighted by Gasteiger charge is -2.35. The van der Waals surface area contributed by atoms with Crippen LogP contribution in [-0.4, -0.2) is 68.1 Å². The third-order valence-corrected chi connectivity index (χ3v) is 4.51. The smallest absolute Gasteiger partial charge is 0.254 e. The molecule has 3 rings (SSSR count). The Bertz CT molecular complexity index is 595. The summed E-state index contributed by atoms with van der Waals surface area (Å²) in [5, 5.41) is 3.36. The van der Waals surface area contributed by atoms with Crippen molar-refractivity contribution in [1.29, 1.82) is 0 Å². The molecule has 6 nitrogen and oxygen atoms in total. The summed E-state index contributed by atoms with van der Waals surface area (Å²) in [5.41, 5.74) is 3.00. The minimum Gasteiger partial charge on any atom is -0.385 e. The van der Waals surface area contributed by atoms with Crippen LogP contribution in [0, 0.1) is 0 Å². The fourth-order valence-electron chi connectivity index (χ4n) is 3.25. The number of nitrogens with one attached hydrogen (secondary N) is 1. The number of methoxy groups -OCH3 is 1. The van der Waals surface area contributed by atoms with Crippen LogP contribution in [0.3, 0.4) is 0 Å². The second kappa shape index (κ2) is 7.00. The number of ether oxygens (including phenoxy) is 1. The zero-order chi connectivity index (χ0) is 16.2. The molecule has 1 N–H and O–H groups in total.